The first-order valence-electron chi connectivity index (χ1n) is 6.09. The molecule has 0 bridgehead atoms. The normalized spacial score (nSPS) is 17.2. The van der Waals surface area contributed by atoms with E-state index in [9.17, 15) is 9.59 Å². The van der Waals surface area contributed by atoms with Crippen molar-refractivity contribution < 1.29 is 19.1 Å². The van der Waals surface area contributed by atoms with Gasteiger partial charge < -0.3 is 19.7 Å². The van der Waals surface area contributed by atoms with Crippen molar-refractivity contribution in [2.24, 2.45) is 0 Å². The molecule has 0 aromatic carbocycles. The fraction of sp³-hybridized carbons (Fsp3) is 0.833. The highest BCUT2D eigenvalue weighted by Gasteiger charge is 2.34. The van der Waals surface area contributed by atoms with E-state index >= 15 is 0 Å². The molecule has 0 atom stereocenters. The minimum Gasteiger partial charge on any atom is -0.468 e. The van der Waals surface area contributed by atoms with Crippen molar-refractivity contribution in [3.63, 3.8) is 0 Å². The van der Waals surface area contributed by atoms with Gasteiger partial charge in [-0.05, 0) is 20.8 Å². The summed E-state index contributed by atoms with van der Waals surface area (Å²) in [5.74, 6) is -0.614. The van der Waals surface area contributed by atoms with Crippen LogP contribution in [0.4, 0.5) is 0 Å². The highest BCUT2D eigenvalue weighted by atomic mass is 16.5. The molecule has 1 N–H and O–H groups in total. The Kier molecular flexibility index (Phi) is 5.10. The summed E-state index contributed by atoms with van der Waals surface area (Å²) in [6.45, 7) is 7.12. The second-order valence-electron chi connectivity index (χ2n) is 5.03. The van der Waals surface area contributed by atoms with E-state index in [4.69, 9.17) is 4.74 Å². The number of ether oxygens (including phenoxy) is 2. The molecule has 1 rings (SSSR count). The monoisotopic (exact) mass is 258 g/mol. The van der Waals surface area contributed by atoms with Crippen LogP contribution in [0.3, 0.4) is 0 Å². The summed E-state index contributed by atoms with van der Waals surface area (Å²) >= 11 is 0. The molecule has 1 heterocycles. The number of hydrogen-bond donors (Lipinski definition) is 1. The third-order valence-electron chi connectivity index (χ3n) is 3.01. The van der Waals surface area contributed by atoms with Crippen molar-refractivity contribution in [3.05, 3.63) is 0 Å². The molecule has 104 valence electrons. The van der Waals surface area contributed by atoms with Gasteiger partial charge in [-0.3, -0.25) is 9.59 Å². The van der Waals surface area contributed by atoms with Gasteiger partial charge in [0.2, 0.25) is 5.91 Å². The highest BCUT2D eigenvalue weighted by molar-refractivity contribution is 5.83. The smallest absolute Gasteiger partial charge is 0.325 e. The van der Waals surface area contributed by atoms with E-state index in [1.165, 1.54) is 12.0 Å². The minimum atomic E-state index is -0.423. The standard InChI is InChI=1S/C12H22N2O4/c1-9(2)14(5-11(16)17-4)10(15)6-18-12(3)7-13-8-12/h9,13H,5-8H2,1-4H3. The number of nitrogens with one attached hydrogen (secondary N) is 1. The molecule has 0 unspecified atom stereocenters. The van der Waals surface area contributed by atoms with Crippen LogP contribution in [0.15, 0.2) is 0 Å². The molecule has 6 heteroatoms. The molecule has 0 radical (unpaired) electrons. The molecule has 6 nitrogen and oxygen atoms in total. The fourth-order valence-electron chi connectivity index (χ4n) is 1.66. The molecule has 0 spiro atoms. The molecular formula is C12H22N2O4. The Morgan fingerprint density at radius 3 is 2.39 bits per heavy atom. The van der Waals surface area contributed by atoms with Gasteiger partial charge in [-0.25, -0.2) is 0 Å². The number of rotatable bonds is 6. The predicted molar refractivity (Wildman–Crippen MR) is 66.1 cm³/mol. The quantitative estimate of drug-likeness (QED) is 0.667. The Labute approximate surface area is 108 Å². The van der Waals surface area contributed by atoms with E-state index in [1.807, 2.05) is 20.8 Å². The van der Waals surface area contributed by atoms with Crippen molar-refractivity contribution in [2.75, 3.05) is 33.4 Å². The first-order chi connectivity index (χ1) is 8.38. The average Bonchev–Trinajstić information content (AvgIpc) is 2.29. The van der Waals surface area contributed by atoms with E-state index < -0.39 is 5.97 Å². The topological polar surface area (TPSA) is 67.9 Å². The van der Waals surface area contributed by atoms with Gasteiger partial charge in [0.1, 0.15) is 13.2 Å². The van der Waals surface area contributed by atoms with Crippen molar-refractivity contribution in [1.29, 1.82) is 0 Å². The number of carbonyl (C=O) groups is 2. The van der Waals surface area contributed by atoms with Gasteiger partial charge in [0, 0.05) is 19.1 Å². The molecule has 0 saturated carbocycles. The number of nitrogens with zero attached hydrogens (tertiary/aromatic N) is 1. The Hall–Kier alpha value is -1.14. The van der Waals surface area contributed by atoms with E-state index in [-0.39, 0.29) is 30.7 Å². The van der Waals surface area contributed by atoms with Crippen LogP contribution >= 0.6 is 0 Å². The lowest BCUT2D eigenvalue weighted by atomic mass is 10.0. The summed E-state index contributed by atoms with van der Waals surface area (Å²) in [4.78, 5) is 24.7. The van der Waals surface area contributed by atoms with Gasteiger partial charge >= 0.3 is 5.97 Å². The van der Waals surface area contributed by atoms with E-state index in [0.29, 0.717) is 0 Å². The molecule has 1 fully saturated rings. The second kappa shape index (κ2) is 6.15. The summed E-state index contributed by atoms with van der Waals surface area (Å²) in [6, 6.07) is -0.0625. The Morgan fingerprint density at radius 1 is 1.39 bits per heavy atom. The summed E-state index contributed by atoms with van der Waals surface area (Å²) in [7, 11) is 1.31. The molecule has 1 aliphatic rings. The molecule has 18 heavy (non-hydrogen) atoms. The van der Waals surface area contributed by atoms with Crippen molar-refractivity contribution >= 4 is 11.9 Å². The fourth-order valence-corrected chi connectivity index (χ4v) is 1.66. The molecule has 1 aliphatic heterocycles. The lowest BCUT2D eigenvalue weighted by Gasteiger charge is -2.39. The number of esters is 1. The maximum Gasteiger partial charge on any atom is 0.325 e. The SMILES string of the molecule is COC(=O)CN(C(=O)COC1(C)CNC1)C(C)C. The van der Waals surface area contributed by atoms with Crippen LogP contribution in [0.1, 0.15) is 20.8 Å². The second-order valence-corrected chi connectivity index (χ2v) is 5.03. The lowest BCUT2D eigenvalue weighted by molar-refractivity contribution is -0.154. The number of methoxy groups -OCH3 is 1. The van der Waals surface area contributed by atoms with Gasteiger partial charge in [0.25, 0.3) is 0 Å². The van der Waals surface area contributed by atoms with E-state index in [2.05, 4.69) is 10.1 Å². The molecule has 0 aromatic heterocycles. The predicted octanol–water partition coefficient (Wildman–Crippen LogP) is -0.225. The van der Waals surface area contributed by atoms with Gasteiger partial charge in [-0.2, -0.15) is 0 Å². The van der Waals surface area contributed by atoms with Crippen LogP contribution in [-0.2, 0) is 19.1 Å². The maximum atomic E-state index is 12.0. The summed E-state index contributed by atoms with van der Waals surface area (Å²) in [5, 5.41) is 3.09. The molecule has 0 aliphatic carbocycles. The maximum absolute atomic E-state index is 12.0. The average molecular weight is 258 g/mol. The first kappa shape index (κ1) is 14.9. The van der Waals surface area contributed by atoms with Gasteiger partial charge in [-0.1, -0.05) is 0 Å². The zero-order valence-corrected chi connectivity index (χ0v) is 11.5. The highest BCUT2D eigenvalue weighted by Crippen LogP contribution is 2.15. The largest absolute Gasteiger partial charge is 0.468 e. The number of carbonyl (C=O) groups excluding carboxylic acids is 2. The zero-order valence-electron chi connectivity index (χ0n) is 11.5. The van der Waals surface area contributed by atoms with Gasteiger partial charge in [0.05, 0.1) is 12.7 Å². The van der Waals surface area contributed by atoms with Gasteiger partial charge in [-0.15, -0.1) is 0 Å². The van der Waals surface area contributed by atoms with Crippen LogP contribution in [0.2, 0.25) is 0 Å². The summed E-state index contributed by atoms with van der Waals surface area (Å²) in [6.07, 6.45) is 0. The third kappa shape index (κ3) is 3.96. The third-order valence-corrected chi connectivity index (χ3v) is 3.01. The van der Waals surface area contributed by atoms with E-state index in [0.717, 1.165) is 13.1 Å². The Balaban J connectivity index is 2.46. The Morgan fingerprint density at radius 2 is 2.00 bits per heavy atom. The molecule has 0 aromatic rings. The van der Waals surface area contributed by atoms with Crippen LogP contribution in [0.5, 0.6) is 0 Å². The number of amides is 1. The van der Waals surface area contributed by atoms with Gasteiger partial charge in [0.15, 0.2) is 0 Å². The van der Waals surface area contributed by atoms with E-state index in [1.54, 1.807) is 0 Å². The first-order valence-corrected chi connectivity index (χ1v) is 6.09. The minimum absolute atomic E-state index is 0.00659. The molecular weight excluding hydrogens is 236 g/mol. The molecule has 1 amide bonds. The van der Waals surface area contributed by atoms with Crippen LogP contribution < -0.4 is 5.32 Å². The van der Waals surface area contributed by atoms with Crippen molar-refractivity contribution in [3.8, 4) is 0 Å². The van der Waals surface area contributed by atoms with Crippen molar-refractivity contribution in [2.45, 2.75) is 32.4 Å². The number of hydrogen-bond acceptors (Lipinski definition) is 5. The van der Waals surface area contributed by atoms with Crippen LogP contribution in [0, 0.1) is 0 Å². The summed E-state index contributed by atoms with van der Waals surface area (Å²) < 4.78 is 10.1. The van der Waals surface area contributed by atoms with Crippen molar-refractivity contribution in [1.82, 2.24) is 10.2 Å². The Bertz CT molecular complexity index is 313. The molecule has 1 saturated heterocycles. The van der Waals surface area contributed by atoms with Crippen LogP contribution in [0.25, 0.3) is 0 Å². The zero-order chi connectivity index (χ0) is 13.8. The lowest BCUT2D eigenvalue weighted by Crippen LogP contribution is -2.60. The summed E-state index contributed by atoms with van der Waals surface area (Å²) in [5.41, 5.74) is -0.260. The van der Waals surface area contributed by atoms with Crippen LogP contribution in [-0.4, -0.2) is 61.8 Å².